The first kappa shape index (κ1) is 30.0. The Hall–Kier alpha value is -3.00. The Morgan fingerprint density at radius 3 is 2.42 bits per heavy atom. The first-order chi connectivity index (χ1) is 19.2. The number of nitrogens with two attached hydrogens (primary N) is 1. The lowest BCUT2D eigenvalue weighted by atomic mass is 9.71. The average Bonchev–Trinajstić information content (AvgIpc) is 2.94. The maximum Gasteiger partial charge on any atom is 0.248 e. The van der Waals surface area contributed by atoms with Gasteiger partial charge in [0.25, 0.3) is 0 Å². The number of amides is 1. The van der Waals surface area contributed by atoms with Crippen LogP contribution in [0.1, 0.15) is 79.1 Å². The van der Waals surface area contributed by atoms with E-state index in [2.05, 4.69) is 67.3 Å². The number of hydrogen-bond donors (Lipinski definition) is 3. The summed E-state index contributed by atoms with van der Waals surface area (Å²) in [5, 5.41) is 6.97. The number of hydrogen-bond acceptors (Lipinski definition) is 6. The third kappa shape index (κ3) is 6.82. The number of allylic oxidation sites excluding steroid dienone is 1. The fraction of sp³-hybridized carbons (Fsp3) is 0.625. The van der Waals surface area contributed by atoms with E-state index in [1.165, 1.54) is 49.9 Å². The van der Waals surface area contributed by atoms with Gasteiger partial charge in [-0.1, -0.05) is 19.4 Å². The van der Waals surface area contributed by atoms with E-state index >= 15 is 0 Å². The Balaban J connectivity index is 1.57. The Labute approximate surface area is 241 Å². The number of rotatable bonds is 8. The highest BCUT2D eigenvalue weighted by atomic mass is 16.5. The molecule has 8 nitrogen and oxygen atoms in total. The minimum atomic E-state index is -0.426. The summed E-state index contributed by atoms with van der Waals surface area (Å²) in [7, 11) is 3.96. The molecule has 40 heavy (non-hydrogen) atoms. The Bertz CT molecular complexity index is 1150. The van der Waals surface area contributed by atoms with Crippen molar-refractivity contribution in [1.29, 1.82) is 0 Å². The second-order valence-electron chi connectivity index (χ2n) is 12.0. The van der Waals surface area contributed by atoms with E-state index in [0.717, 1.165) is 55.3 Å². The normalized spacial score (nSPS) is 25.8. The lowest BCUT2D eigenvalue weighted by Crippen LogP contribution is -2.46. The van der Waals surface area contributed by atoms with E-state index in [0.29, 0.717) is 23.2 Å². The van der Waals surface area contributed by atoms with Gasteiger partial charge in [-0.15, -0.1) is 0 Å². The second kappa shape index (κ2) is 13.1. The molecule has 0 saturated carbocycles. The van der Waals surface area contributed by atoms with Crippen molar-refractivity contribution in [1.82, 2.24) is 10.2 Å². The molecule has 4 N–H and O–H groups in total. The molecule has 0 aliphatic carbocycles. The van der Waals surface area contributed by atoms with Gasteiger partial charge in [-0.25, -0.2) is 0 Å². The number of nitrogens with zero attached hydrogens (tertiary/aromatic N) is 3. The number of likely N-dealkylation sites (tertiary alicyclic amines) is 1. The van der Waals surface area contributed by atoms with Crippen molar-refractivity contribution in [3.8, 4) is 5.75 Å². The van der Waals surface area contributed by atoms with Crippen LogP contribution in [0.15, 0.2) is 45.7 Å². The predicted molar refractivity (Wildman–Crippen MR) is 166 cm³/mol. The maximum atomic E-state index is 12.6. The fourth-order valence-electron chi connectivity index (χ4n) is 6.28. The van der Waals surface area contributed by atoms with Crippen molar-refractivity contribution < 1.29 is 9.53 Å². The molecule has 1 spiro atoms. The van der Waals surface area contributed by atoms with Gasteiger partial charge in [-0.2, -0.15) is 0 Å². The van der Waals surface area contributed by atoms with Crippen molar-refractivity contribution >= 4 is 23.1 Å². The van der Waals surface area contributed by atoms with E-state index in [1.807, 2.05) is 6.07 Å². The van der Waals surface area contributed by atoms with Crippen LogP contribution in [-0.2, 0) is 4.79 Å². The van der Waals surface area contributed by atoms with Gasteiger partial charge in [0, 0.05) is 30.9 Å². The lowest BCUT2D eigenvalue weighted by molar-refractivity contribution is -0.114. The SMILES string of the molecule is CC/C1=C(\C)CC/C(C(N)=O)=C(/Nc2ccc(N3CCC4(CCN(C)CC4)CC3)c(OC)c2)NC1=NC(C)CC. The molecule has 1 aromatic rings. The third-order valence-corrected chi connectivity index (χ3v) is 9.35. The Morgan fingerprint density at radius 2 is 1.82 bits per heavy atom. The molecule has 1 aromatic carbocycles. The number of anilines is 2. The van der Waals surface area contributed by atoms with Crippen molar-refractivity contribution in [2.45, 2.75) is 85.1 Å². The zero-order valence-electron chi connectivity index (χ0n) is 25.5. The zero-order chi connectivity index (χ0) is 28.9. The number of primary amides is 1. The molecule has 0 radical (unpaired) electrons. The van der Waals surface area contributed by atoms with E-state index in [9.17, 15) is 4.79 Å². The molecule has 1 amide bonds. The van der Waals surface area contributed by atoms with Gasteiger partial charge >= 0.3 is 0 Å². The van der Waals surface area contributed by atoms with Crippen LogP contribution in [-0.4, -0.2) is 63.0 Å². The molecular weight excluding hydrogens is 500 g/mol. The van der Waals surface area contributed by atoms with Crippen LogP contribution >= 0.6 is 0 Å². The van der Waals surface area contributed by atoms with Gasteiger partial charge < -0.3 is 30.9 Å². The molecule has 0 aromatic heterocycles. The van der Waals surface area contributed by atoms with Crippen molar-refractivity contribution in [2.75, 3.05) is 50.6 Å². The minimum absolute atomic E-state index is 0.159. The molecule has 3 aliphatic heterocycles. The fourth-order valence-corrected chi connectivity index (χ4v) is 6.28. The molecule has 8 heteroatoms. The quantitative estimate of drug-likeness (QED) is 0.400. The summed E-state index contributed by atoms with van der Waals surface area (Å²) in [6.45, 7) is 13.0. The number of carbonyl (C=O) groups is 1. The second-order valence-corrected chi connectivity index (χ2v) is 12.0. The number of nitrogens with one attached hydrogen (secondary N) is 2. The first-order valence-corrected chi connectivity index (χ1v) is 15.1. The molecule has 220 valence electrons. The number of carbonyl (C=O) groups excluding carboxylic acids is 1. The number of amidine groups is 1. The summed E-state index contributed by atoms with van der Waals surface area (Å²) in [6, 6.07) is 6.38. The highest BCUT2D eigenvalue weighted by molar-refractivity contribution is 6.02. The van der Waals surface area contributed by atoms with Crippen LogP contribution in [0, 0.1) is 5.41 Å². The highest BCUT2D eigenvalue weighted by Gasteiger charge is 2.37. The summed E-state index contributed by atoms with van der Waals surface area (Å²) in [4.78, 5) is 22.5. The summed E-state index contributed by atoms with van der Waals surface area (Å²) >= 11 is 0. The summed E-state index contributed by atoms with van der Waals surface area (Å²) in [5.74, 6) is 1.82. The van der Waals surface area contributed by atoms with Crippen molar-refractivity contribution in [3.05, 3.63) is 40.7 Å². The monoisotopic (exact) mass is 550 g/mol. The first-order valence-electron chi connectivity index (χ1n) is 15.1. The minimum Gasteiger partial charge on any atom is -0.495 e. The van der Waals surface area contributed by atoms with E-state index in [-0.39, 0.29) is 6.04 Å². The molecule has 4 rings (SSSR count). The number of methoxy groups -OCH3 is 1. The van der Waals surface area contributed by atoms with Gasteiger partial charge in [0.2, 0.25) is 5.91 Å². The summed E-state index contributed by atoms with van der Waals surface area (Å²) < 4.78 is 5.89. The van der Waals surface area contributed by atoms with Gasteiger partial charge in [0.1, 0.15) is 17.4 Å². The van der Waals surface area contributed by atoms with Crippen LogP contribution in [0.4, 0.5) is 11.4 Å². The molecule has 3 heterocycles. The number of ether oxygens (including phenoxy) is 1. The van der Waals surface area contributed by atoms with Crippen LogP contribution < -0.4 is 26.0 Å². The number of benzene rings is 1. The molecule has 3 aliphatic rings. The van der Waals surface area contributed by atoms with E-state index in [4.69, 9.17) is 15.5 Å². The largest absolute Gasteiger partial charge is 0.495 e. The summed E-state index contributed by atoms with van der Waals surface area (Å²) in [6.07, 6.45) is 8.20. The zero-order valence-corrected chi connectivity index (χ0v) is 25.5. The van der Waals surface area contributed by atoms with Gasteiger partial charge in [0.05, 0.1) is 18.4 Å². The molecule has 1 unspecified atom stereocenters. The smallest absolute Gasteiger partial charge is 0.248 e. The topological polar surface area (TPSA) is 95.2 Å². The summed E-state index contributed by atoms with van der Waals surface area (Å²) in [5.41, 5.74) is 11.3. The van der Waals surface area contributed by atoms with Crippen molar-refractivity contribution in [3.63, 3.8) is 0 Å². The molecule has 2 fully saturated rings. The molecular formula is C32H50N6O2. The van der Waals surface area contributed by atoms with Gasteiger partial charge in [-0.05, 0) is 108 Å². The number of aliphatic imine (C=N–C) groups is 1. The standard InChI is InChI=1S/C32H50N6O2/c1-7-23(4)34-30-25(8-2)22(3)9-11-26(29(33)39)31(36-30)35-24-10-12-27(28(21-24)40-6)38-19-15-32(16-20-38)13-17-37(5)18-14-32/h10,12,21,23,35H,7-9,11,13-20H2,1-6H3,(H2,33,39)(H,34,36)/b25-22-,31-26+. The van der Waals surface area contributed by atoms with Gasteiger partial charge in [-0.3, -0.25) is 9.79 Å². The predicted octanol–water partition coefficient (Wildman–Crippen LogP) is 5.42. The molecule has 2 saturated heterocycles. The maximum absolute atomic E-state index is 12.6. The average molecular weight is 551 g/mol. The third-order valence-electron chi connectivity index (χ3n) is 9.35. The number of piperidine rings is 2. The lowest BCUT2D eigenvalue weighted by Gasteiger charge is -2.47. The van der Waals surface area contributed by atoms with Crippen LogP contribution in [0.2, 0.25) is 0 Å². The van der Waals surface area contributed by atoms with Crippen LogP contribution in [0.25, 0.3) is 0 Å². The van der Waals surface area contributed by atoms with Crippen molar-refractivity contribution in [2.24, 2.45) is 16.1 Å². The van der Waals surface area contributed by atoms with E-state index < -0.39 is 5.91 Å². The van der Waals surface area contributed by atoms with E-state index in [1.54, 1.807) is 7.11 Å². The molecule has 1 atom stereocenters. The Kier molecular flexibility index (Phi) is 9.82. The van der Waals surface area contributed by atoms with Crippen LogP contribution in [0.3, 0.4) is 0 Å². The molecule has 0 bridgehead atoms. The highest BCUT2D eigenvalue weighted by Crippen LogP contribution is 2.43. The van der Waals surface area contributed by atoms with Gasteiger partial charge in [0.15, 0.2) is 0 Å². The van der Waals surface area contributed by atoms with Crippen LogP contribution in [0.5, 0.6) is 5.75 Å². The Morgan fingerprint density at radius 1 is 1.15 bits per heavy atom.